The highest BCUT2D eigenvalue weighted by atomic mass is 16.5. The number of carbonyl (C=O) groups is 2. The Morgan fingerprint density at radius 2 is 1.75 bits per heavy atom. The van der Waals surface area contributed by atoms with Crippen molar-refractivity contribution in [1.29, 1.82) is 0 Å². The van der Waals surface area contributed by atoms with Crippen LogP contribution in [0.15, 0.2) is 54.6 Å². The van der Waals surface area contributed by atoms with E-state index in [0.29, 0.717) is 12.2 Å². The monoisotopic (exact) mass is 380 g/mol. The van der Waals surface area contributed by atoms with Crippen LogP contribution < -0.4 is 9.47 Å². The lowest BCUT2D eigenvalue weighted by Gasteiger charge is -2.29. The normalized spacial score (nSPS) is 19.0. The highest BCUT2D eigenvalue weighted by Crippen LogP contribution is 2.41. The van der Waals surface area contributed by atoms with Crippen LogP contribution in [0.5, 0.6) is 11.5 Å². The van der Waals surface area contributed by atoms with Crippen LogP contribution in [0.25, 0.3) is 5.57 Å². The van der Waals surface area contributed by atoms with Crippen LogP contribution in [0.2, 0.25) is 0 Å². The quantitative estimate of drug-likeness (QED) is 0.559. The minimum Gasteiger partial charge on any atom is -0.497 e. The van der Waals surface area contributed by atoms with Crippen molar-refractivity contribution in [3.8, 4) is 11.5 Å². The second-order valence-corrected chi connectivity index (χ2v) is 6.62. The summed E-state index contributed by atoms with van der Waals surface area (Å²) in [5, 5.41) is 0. The van der Waals surface area contributed by atoms with E-state index < -0.39 is 11.9 Å². The molecule has 1 aliphatic carbocycles. The number of hydrogen-bond acceptors (Lipinski definition) is 5. The first-order chi connectivity index (χ1) is 13.6. The van der Waals surface area contributed by atoms with Gasteiger partial charge in [0.05, 0.1) is 20.8 Å². The number of ether oxygens (including phenoxy) is 3. The molecule has 2 aromatic carbocycles. The van der Waals surface area contributed by atoms with E-state index in [9.17, 15) is 9.59 Å². The summed E-state index contributed by atoms with van der Waals surface area (Å²) in [4.78, 5) is 25.5. The second kappa shape index (κ2) is 8.74. The highest BCUT2D eigenvalue weighted by Gasteiger charge is 2.39. The Morgan fingerprint density at radius 1 is 1.04 bits per heavy atom. The summed E-state index contributed by atoms with van der Waals surface area (Å²) in [6, 6.07) is 15.1. The van der Waals surface area contributed by atoms with Gasteiger partial charge in [0.1, 0.15) is 17.4 Å². The molecule has 1 aliphatic rings. The summed E-state index contributed by atoms with van der Waals surface area (Å²) in [6.45, 7) is 1.98. The summed E-state index contributed by atoms with van der Waals surface area (Å²) < 4.78 is 15.7. The zero-order valence-electron chi connectivity index (χ0n) is 16.3. The van der Waals surface area contributed by atoms with Gasteiger partial charge in [0, 0.05) is 5.92 Å². The number of benzene rings is 2. The summed E-state index contributed by atoms with van der Waals surface area (Å²) in [5.74, 6) is -0.445. The second-order valence-electron chi connectivity index (χ2n) is 6.62. The van der Waals surface area contributed by atoms with E-state index in [1.54, 1.807) is 27.2 Å². The number of rotatable bonds is 6. The summed E-state index contributed by atoms with van der Waals surface area (Å²) >= 11 is 0. The van der Waals surface area contributed by atoms with Gasteiger partial charge in [-0.1, -0.05) is 24.3 Å². The zero-order valence-corrected chi connectivity index (χ0v) is 16.3. The van der Waals surface area contributed by atoms with Gasteiger partial charge in [0.25, 0.3) is 0 Å². The molecule has 5 nitrogen and oxygen atoms in total. The topological polar surface area (TPSA) is 61.8 Å². The predicted molar refractivity (Wildman–Crippen MR) is 106 cm³/mol. The highest BCUT2D eigenvalue weighted by molar-refractivity contribution is 6.10. The predicted octanol–water partition coefficient (Wildman–Crippen LogP) is 4.02. The molecular weight excluding hydrogens is 356 g/mol. The molecule has 0 radical (unpaired) electrons. The van der Waals surface area contributed by atoms with Crippen LogP contribution >= 0.6 is 0 Å². The molecule has 5 heteroatoms. The number of hydrogen-bond donors (Lipinski definition) is 0. The Labute approximate surface area is 164 Å². The van der Waals surface area contributed by atoms with Crippen LogP contribution in [0.4, 0.5) is 0 Å². The summed E-state index contributed by atoms with van der Waals surface area (Å²) in [7, 11) is 3.21. The Morgan fingerprint density at radius 3 is 2.39 bits per heavy atom. The summed E-state index contributed by atoms with van der Waals surface area (Å²) in [6.07, 6.45) is 2.12. The molecule has 3 rings (SSSR count). The molecule has 2 aromatic rings. The molecule has 0 fully saturated rings. The Bertz CT molecular complexity index is 882. The van der Waals surface area contributed by atoms with Crippen LogP contribution in [-0.4, -0.2) is 32.6 Å². The molecule has 0 aromatic heterocycles. The van der Waals surface area contributed by atoms with Crippen molar-refractivity contribution in [3.63, 3.8) is 0 Å². The fourth-order valence-corrected chi connectivity index (χ4v) is 3.57. The third-order valence-corrected chi connectivity index (χ3v) is 4.99. The van der Waals surface area contributed by atoms with Crippen molar-refractivity contribution >= 4 is 17.3 Å². The lowest BCUT2D eigenvalue weighted by atomic mass is 9.73. The third kappa shape index (κ3) is 4.09. The van der Waals surface area contributed by atoms with Gasteiger partial charge in [0.2, 0.25) is 0 Å². The number of allylic oxidation sites excluding steroid dienone is 2. The van der Waals surface area contributed by atoms with E-state index in [1.165, 1.54) is 0 Å². The van der Waals surface area contributed by atoms with Crippen molar-refractivity contribution in [1.82, 2.24) is 0 Å². The molecule has 0 N–H and O–H groups in total. The third-order valence-electron chi connectivity index (χ3n) is 4.99. The number of esters is 1. The van der Waals surface area contributed by atoms with E-state index in [1.807, 2.05) is 48.5 Å². The van der Waals surface area contributed by atoms with Gasteiger partial charge in [-0.3, -0.25) is 9.59 Å². The molecule has 0 heterocycles. The molecule has 0 unspecified atom stereocenters. The maximum Gasteiger partial charge on any atom is 0.317 e. The van der Waals surface area contributed by atoms with E-state index in [0.717, 1.165) is 22.4 Å². The van der Waals surface area contributed by atoms with Crippen LogP contribution in [0.1, 0.15) is 30.4 Å². The zero-order chi connectivity index (χ0) is 20.1. The van der Waals surface area contributed by atoms with Gasteiger partial charge in [0.15, 0.2) is 5.78 Å². The maximum absolute atomic E-state index is 12.9. The lowest BCUT2D eigenvalue weighted by molar-refractivity contribution is -0.151. The average Bonchev–Trinajstić information content (AvgIpc) is 2.73. The van der Waals surface area contributed by atoms with Crippen molar-refractivity contribution < 1.29 is 23.8 Å². The smallest absolute Gasteiger partial charge is 0.317 e. The molecule has 2 atom stereocenters. The Kier molecular flexibility index (Phi) is 6.14. The minimum absolute atomic E-state index is 0.233. The van der Waals surface area contributed by atoms with Crippen molar-refractivity contribution in [3.05, 3.63) is 65.7 Å². The largest absolute Gasteiger partial charge is 0.497 e. The number of methoxy groups -OCH3 is 2. The first-order valence-corrected chi connectivity index (χ1v) is 9.26. The molecule has 0 spiro atoms. The van der Waals surface area contributed by atoms with Crippen molar-refractivity contribution in [2.24, 2.45) is 5.92 Å². The molecular formula is C23H24O5. The number of carbonyl (C=O) groups excluding carboxylic acids is 2. The van der Waals surface area contributed by atoms with E-state index >= 15 is 0 Å². The van der Waals surface area contributed by atoms with Crippen LogP contribution in [0, 0.1) is 5.92 Å². The average molecular weight is 380 g/mol. The molecule has 0 saturated heterocycles. The summed E-state index contributed by atoms with van der Waals surface area (Å²) in [5.41, 5.74) is 2.70. The first-order valence-electron chi connectivity index (χ1n) is 9.26. The first kappa shape index (κ1) is 19.7. The minimum atomic E-state index is -0.853. The van der Waals surface area contributed by atoms with Crippen LogP contribution in [0.3, 0.4) is 0 Å². The van der Waals surface area contributed by atoms with Crippen molar-refractivity contribution in [2.45, 2.75) is 19.3 Å². The van der Waals surface area contributed by atoms with E-state index in [-0.39, 0.29) is 18.3 Å². The van der Waals surface area contributed by atoms with Crippen LogP contribution in [-0.2, 0) is 14.3 Å². The molecule has 0 aliphatic heterocycles. The van der Waals surface area contributed by atoms with E-state index in [4.69, 9.17) is 14.2 Å². The fraction of sp³-hybridized carbons (Fsp3) is 0.304. The number of ketones is 1. The molecule has 0 bridgehead atoms. The maximum atomic E-state index is 12.9. The van der Waals surface area contributed by atoms with Gasteiger partial charge < -0.3 is 14.2 Å². The Balaban J connectivity index is 2.01. The van der Waals surface area contributed by atoms with Gasteiger partial charge in [-0.25, -0.2) is 0 Å². The lowest BCUT2D eigenvalue weighted by Crippen LogP contribution is -2.34. The Hall–Kier alpha value is -3.08. The van der Waals surface area contributed by atoms with Gasteiger partial charge in [-0.05, 0) is 60.4 Å². The van der Waals surface area contributed by atoms with E-state index in [2.05, 4.69) is 0 Å². The van der Waals surface area contributed by atoms with Gasteiger partial charge >= 0.3 is 5.97 Å². The standard InChI is InChI=1S/C23H24O5/c1-4-28-23(25)22-20(16-6-5-7-19(12-16)27-3)13-17(14-21(22)24)15-8-10-18(26-2)11-9-15/h5-12,14,20,22H,4,13H2,1-3H3/t20-,22-/m1/s1. The molecule has 0 amide bonds. The fourth-order valence-electron chi connectivity index (χ4n) is 3.57. The van der Waals surface area contributed by atoms with Crippen molar-refractivity contribution in [2.75, 3.05) is 20.8 Å². The van der Waals surface area contributed by atoms with Gasteiger partial charge in [-0.15, -0.1) is 0 Å². The molecule has 28 heavy (non-hydrogen) atoms. The SMILES string of the molecule is CCOC(=O)[C@H]1C(=O)C=C(c2ccc(OC)cc2)C[C@@H]1c1cccc(OC)c1. The van der Waals surface area contributed by atoms with Gasteiger partial charge in [-0.2, -0.15) is 0 Å². The molecule has 0 saturated carbocycles. The molecule has 146 valence electrons.